The van der Waals surface area contributed by atoms with Crippen molar-refractivity contribution in [2.75, 3.05) is 13.2 Å². The number of unbranched alkanes of at least 4 members (excludes halogenated alkanes) is 2. The Labute approximate surface area is 133 Å². The summed E-state index contributed by atoms with van der Waals surface area (Å²) in [6, 6.07) is 0. The van der Waals surface area contributed by atoms with E-state index in [1.807, 2.05) is 13.8 Å². The first-order valence-corrected chi connectivity index (χ1v) is 7.16. The second kappa shape index (κ2) is 10.2. The normalized spacial score (nSPS) is 10.5. The van der Waals surface area contributed by atoms with E-state index < -0.39 is 29.8 Å². The van der Waals surface area contributed by atoms with E-state index in [2.05, 4.69) is 9.47 Å². The molecular formula is C13H22N2O8. The zero-order valence-corrected chi connectivity index (χ0v) is 13.1. The van der Waals surface area contributed by atoms with Gasteiger partial charge in [0.2, 0.25) is 0 Å². The van der Waals surface area contributed by atoms with Crippen LogP contribution in [-0.4, -0.2) is 53.2 Å². The SMILES string of the molecule is CCCCOC(=O)NC(NC(=O)OCCCC)(C(=O)O)C(=O)O. The molecule has 0 rings (SSSR count). The molecule has 0 aliphatic heterocycles. The average Bonchev–Trinajstić information content (AvgIpc) is 2.46. The number of carboxylic acids is 2. The van der Waals surface area contributed by atoms with Crippen molar-refractivity contribution in [3.8, 4) is 0 Å². The van der Waals surface area contributed by atoms with Crippen molar-refractivity contribution < 1.29 is 38.9 Å². The van der Waals surface area contributed by atoms with Crippen molar-refractivity contribution in [1.82, 2.24) is 10.6 Å². The average molecular weight is 334 g/mol. The first-order chi connectivity index (χ1) is 10.8. The number of carboxylic acid groups (broad SMARTS) is 2. The Morgan fingerprint density at radius 1 is 0.826 bits per heavy atom. The molecule has 10 nitrogen and oxygen atoms in total. The molecule has 0 saturated carbocycles. The molecule has 10 heteroatoms. The highest BCUT2D eigenvalue weighted by Gasteiger charge is 2.51. The fourth-order valence-corrected chi connectivity index (χ4v) is 1.33. The van der Waals surface area contributed by atoms with Gasteiger partial charge in [-0.2, -0.15) is 0 Å². The molecule has 23 heavy (non-hydrogen) atoms. The summed E-state index contributed by atoms with van der Waals surface area (Å²) in [6.07, 6.45) is -0.0781. The highest BCUT2D eigenvalue weighted by atomic mass is 16.6. The maximum Gasteiger partial charge on any atom is 0.409 e. The molecule has 0 spiro atoms. The molecule has 132 valence electrons. The van der Waals surface area contributed by atoms with Gasteiger partial charge in [0, 0.05) is 0 Å². The van der Waals surface area contributed by atoms with Gasteiger partial charge in [-0.3, -0.25) is 10.6 Å². The zero-order valence-electron chi connectivity index (χ0n) is 13.1. The lowest BCUT2D eigenvalue weighted by Gasteiger charge is -2.26. The standard InChI is InChI=1S/C13H22N2O8/c1-3-5-7-22-11(20)14-13(9(16)17,10(18)19)15-12(21)23-8-6-4-2/h3-8H2,1-2H3,(H,14,20)(H,15,21)(H,16,17)(H,18,19). The molecule has 0 radical (unpaired) electrons. The Bertz CT molecular complexity index is 398. The maximum atomic E-state index is 11.5. The van der Waals surface area contributed by atoms with Crippen LogP contribution in [0.15, 0.2) is 0 Å². The second-order valence-corrected chi connectivity index (χ2v) is 4.59. The van der Waals surface area contributed by atoms with Gasteiger partial charge in [0.25, 0.3) is 0 Å². The molecule has 0 aromatic heterocycles. The van der Waals surface area contributed by atoms with Crippen molar-refractivity contribution in [1.29, 1.82) is 0 Å². The van der Waals surface area contributed by atoms with Crippen LogP contribution in [0.2, 0.25) is 0 Å². The Morgan fingerprint density at radius 3 is 1.43 bits per heavy atom. The van der Waals surface area contributed by atoms with Crippen LogP contribution < -0.4 is 10.6 Å². The van der Waals surface area contributed by atoms with Crippen LogP contribution in [0.25, 0.3) is 0 Å². The largest absolute Gasteiger partial charge is 0.478 e. The van der Waals surface area contributed by atoms with Gasteiger partial charge < -0.3 is 19.7 Å². The summed E-state index contributed by atoms with van der Waals surface area (Å²) in [7, 11) is 0. The molecule has 0 aliphatic carbocycles. The third-order valence-electron chi connectivity index (χ3n) is 2.68. The molecule has 4 N–H and O–H groups in total. The Balaban J connectivity index is 4.96. The van der Waals surface area contributed by atoms with Gasteiger partial charge in [-0.25, -0.2) is 19.2 Å². The first kappa shape index (κ1) is 20.5. The predicted molar refractivity (Wildman–Crippen MR) is 76.8 cm³/mol. The molecule has 0 heterocycles. The minimum absolute atomic E-state index is 0.0153. The Morgan fingerprint density at radius 2 is 1.17 bits per heavy atom. The highest BCUT2D eigenvalue weighted by molar-refractivity contribution is 6.07. The van der Waals surface area contributed by atoms with Crippen LogP contribution in [-0.2, 0) is 19.1 Å². The first-order valence-electron chi connectivity index (χ1n) is 7.16. The molecule has 0 saturated heterocycles. The third-order valence-corrected chi connectivity index (χ3v) is 2.68. The monoisotopic (exact) mass is 334 g/mol. The highest BCUT2D eigenvalue weighted by Crippen LogP contribution is 2.05. The van der Waals surface area contributed by atoms with Gasteiger partial charge in [0.1, 0.15) is 0 Å². The van der Waals surface area contributed by atoms with Crippen LogP contribution in [0.5, 0.6) is 0 Å². The maximum absolute atomic E-state index is 11.5. The number of carbonyl (C=O) groups is 4. The fourth-order valence-electron chi connectivity index (χ4n) is 1.33. The van der Waals surface area contributed by atoms with Crippen LogP contribution >= 0.6 is 0 Å². The summed E-state index contributed by atoms with van der Waals surface area (Å²) in [5.41, 5.74) is -3.08. The number of alkyl carbamates (subject to hydrolysis) is 2. The van der Waals surface area contributed by atoms with Gasteiger partial charge in [-0.15, -0.1) is 0 Å². The van der Waals surface area contributed by atoms with E-state index >= 15 is 0 Å². The number of nitrogens with one attached hydrogen (secondary N) is 2. The zero-order chi connectivity index (χ0) is 17.9. The van der Waals surface area contributed by atoms with Crippen molar-refractivity contribution in [3.63, 3.8) is 0 Å². The topological polar surface area (TPSA) is 151 Å². The molecule has 0 fully saturated rings. The quantitative estimate of drug-likeness (QED) is 0.261. The summed E-state index contributed by atoms with van der Waals surface area (Å²) in [6.45, 7) is 3.65. The minimum Gasteiger partial charge on any atom is -0.478 e. The molecule has 0 aromatic carbocycles. The van der Waals surface area contributed by atoms with Crippen molar-refractivity contribution in [3.05, 3.63) is 0 Å². The number of ether oxygens (including phenoxy) is 2. The molecule has 0 aromatic rings. The van der Waals surface area contributed by atoms with Crippen LogP contribution in [0.1, 0.15) is 39.5 Å². The lowest BCUT2D eigenvalue weighted by atomic mass is 10.1. The Kier molecular flexibility index (Phi) is 9.12. The van der Waals surface area contributed by atoms with E-state index in [0.717, 1.165) is 12.8 Å². The summed E-state index contributed by atoms with van der Waals surface area (Å²) in [4.78, 5) is 45.6. The van der Waals surface area contributed by atoms with E-state index in [-0.39, 0.29) is 13.2 Å². The van der Waals surface area contributed by atoms with Gasteiger partial charge in [0.15, 0.2) is 0 Å². The molecule has 0 aliphatic rings. The van der Waals surface area contributed by atoms with E-state index in [1.165, 1.54) is 0 Å². The number of aliphatic carboxylic acids is 2. The number of carbonyl (C=O) groups excluding carboxylic acids is 2. The summed E-state index contributed by atoms with van der Waals surface area (Å²) < 4.78 is 9.30. The Hall–Kier alpha value is -2.52. The number of hydrogen-bond donors (Lipinski definition) is 4. The summed E-state index contributed by atoms with van der Waals surface area (Å²) in [5, 5.41) is 21.5. The molecule has 0 bridgehead atoms. The number of hydrogen-bond acceptors (Lipinski definition) is 6. The molecule has 0 atom stereocenters. The summed E-state index contributed by atoms with van der Waals surface area (Å²) in [5.74, 6) is -3.99. The van der Waals surface area contributed by atoms with Crippen LogP contribution in [0.3, 0.4) is 0 Å². The van der Waals surface area contributed by atoms with Crippen molar-refractivity contribution in [2.24, 2.45) is 0 Å². The minimum atomic E-state index is -3.08. The lowest BCUT2D eigenvalue weighted by molar-refractivity contribution is -0.160. The predicted octanol–water partition coefficient (Wildman–Crippen LogP) is 0.905. The van der Waals surface area contributed by atoms with Crippen molar-refractivity contribution >= 4 is 24.1 Å². The van der Waals surface area contributed by atoms with Gasteiger partial charge >= 0.3 is 29.8 Å². The molecule has 0 unspecified atom stereocenters. The van der Waals surface area contributed by atoms with E-state index in [9.17, 15) is 19.2 Å². The van der Waals surface area contributed by atoms with E-state index in [0.29, 0.717) is 12.8 Å². The fraction of sp³-hybridized carbons (Fsp3) is 0.692. The van der Waals surface area contributed by atoms with Gasteiger partial charge in [0.05, 0.1) is 13.2 Å². The molecule has 2 amide bonds. The van der Waals surface area contributed by atoms with Gasteiger partial charge in [-0.1, -0.05) is 26.7 Å². The van der Waals surface area contributed by atoms with E-state index in [4.69, 9.17) is 10.2 Å². The molecular weight excluding hydrogens is 312 g/mol. The third kappa shape index (κ3) is 6.85. The van der Waals surface area contributed by atoms with E-state index in [1.54, 1.807) is 10.6 Å². The van der Waals surface area contributed by atoms with Crippen LogP contribution in [0, 0.1) is 0 Å². The van der Waals surface area contributed by atoms with Crippen LogP contribution in [0.4, 0.5) is 9.59 Å². The van der Waals surface area contributed by atoms with Crippen molar-refractivity contribution in [2.45, 2.75) is 45.2 Å². The summed E-state index contributed by atoms with van der Waals surface area (Å²) >= 11 is 0. The smallest absolute Gasteiger partial charge is 0.409 e. The number of amides is 2. The second-order valence-electron chi connectivity index (χ2n) is 4.59. The number of rotatable bonds is 10. The van der Waals surface area contributed by atoms with Gasteiger partial charge in [-0.05, 0) is 12.8 Å². The lowest BCUT2D eigenvalue weighted by Crippen LogP contribution is -2.70.